The van der Waals surface area contributed by atoms with Crippen LogP contribution in [0, 0.1) is 11.3 Å². The maximum Gasteiger partial charge on any atom is 0.307 e. The topological polar surface area (TPSA) is 66.8 Å². The fraction of sp³-hybridized carbons (Fsp3) is 0.333. The zero-order chi connectivity index (χ0) is 18.1. The van der Waals surface area contributed by atoms with Crippen LogP contribution < -0.4 is 4.74 Å². The molecule has 2 aromatic carbocycles. The Hall–Kier alpha value is -2.82. The van der Waals surface area contributed by atoms with Gasteiger partial charge in [-0.3, -0.25) is 9.59 Å². The van der Waals surface area contributed by atoms with E-state index in [1.165, 1.54) is 0 Å². The molecular weight excluding hydrogens is 330 g/mol. The molecule has 2 aromatic rings. The van der Waals surface area contributed by atoms with Gasteiger partial charge in [0.15, 0.2) is 0 Å². The third-order valence-corrected chi connectivity index (χ3v) is 5.61. The van der Waals surface area contributed by atoms with E-state index in [1.807, 2.05) is 35.2 Å². The van der Waals surface area contributed by atoms with Crippen LogP contribution >= 0.6 is 0 Å². The highest BCUT2D eigenvalue weighted by molar-refractivity contribution is 5.94. The van der Waals surface area contributed by atoms with Crippen LogP contribution in [0.15, 0.2) is 54.6 Å². The molecule has 1 amide bonds. The van der Waals surface area contributed by atoms with Gasteiger partial charge in [0, 0.05) is 18.7 Å². The Kier molecular flexibility index (Phi) is 4.15. The Morgan fingerprint density at radius 2 is 1.58 bits per heavy atom. The van der Waals surface area contributed by atoms with E-state index in [0.29, 0.717) is 24.4 Å². The number of carboxylic acids is 1. The number of rotatable bonds is 4. The van der Waals surface area contributed by atoms with Crippen molar-refractivity contribution >= 4 is 11.9 Å². The van der Waals surface area contributed by atoms with Crippen molar-refractivity contribution < 1.29 is 19.4 Å². The monoisotopic (exact) mass is 351 g/mol. The quantitative estimate of drug-likeness (QED) is 0.910. The molecule has 1 aliphatic carbocycles. The summed E-state index contributed by atoms with van der Waals surface area (Å²) in [4.78, 5) is 25.7. The first kappa shape index (κ1) is 16.6. The second-order valence-corrected chi connectivity index (χ2v) is 7.19. The predicted molar refractivity (Wildman–Crippen MR) is 96.3 cm³/mol. The molecule has 1 atom stereocenters. The smallest absolute Gasteiger partial charge is 0.307 e. The normalized spacial score (nSPS) is 20.6. The molecule has 2 fully saturated rings. The van der Waals surface area contributed by atoms with Crippen LogP contribution in [0.3, 0.4) is 0 Å². The summed E-state index contributed by atoms with van der Waals surface area (Å²) in [6, 6.07) is 16.7. The summed E-state index contributed by atoms with van der Waals surface area (Å²) in [5.41, 5.74) is 0.572. The van der Waals surface area contributed by atoms with E-state index in [2.05, 4.69) is 0 Å². The highest BCUT2D eigenvalue weighted by Gasteiger charge is 2.59. The van der Waals surface area contributed by atoms with E-state index < -0.39 is 5.97 Å². The van der Waals surface area contributed by atoms with Gasteiger partial charge < -0.3 is 14.7 Å². The predicted octanol–water partition coefficient (Wildman–Crippen LogP) is 3.81. The summed E-state index contributed by atoms with van der Waals surface area (Å²) in [6.07, 6.45) is 2.33. The van der Waals surface area contributed by atoms with Gasteiger partial charge in [-0.05, 0) is 61.1 Å². The van der Waals surface area contributed by atoms with Crippen LogP contribution in [-0.4, -0.2) is 35.0 Å². The van der Waals surface area contributed by atoms with Crippen LogP contribution in [-0.2, 0) is 4.79 Å². The first-order chi connectivity index (χ1) is 12.6. The van der Waals surface area contributed by atoms with Crippen LogP contribution in [0.2, 0.25) is 0 Å². The first-order valence-electron chi connectivity index (χ1n) is 8.92. The van der Waals surface area contributed by atoms with Crippen molar-refractivity contribution in [1.82, 2.24) is 4.90 Å². The average molecular weight is 351 g/mol. The Morgan fingerprint density at radius 3 is 2.15 bits per heavy atom. The molecule has 1 saturated heterocycles. The van der Waals surface area contributed by atoms with Gasteiger partial charge in [-0.2, -0.15) is 0 Å². The van der Waals surface area contributed by atoms with Crippen molar-refractivity contribution in [3.8, 4) is 11.5 Å². The molecule has 5 nitrogen and oxygen atoms in total. The molecule has 1 aliphatic heterocycles. The molecule has 0 radical (unpaired) electrons. The second kappa shape index (κ2) is 6.48. The van der Waals surface area contributed by atoms with E-state index in [-0.39, 0.29) is 17.2 Å². The van der Waals surface area contributed by atoms with E-state index in [9.17, 15) is 9.59 Å². The van der Waals surface area contributed by atoms with Crippen molar-refractivity contribution in [3.63, 3.8) is 0 Å². The molecule has 1 N–H and O–H groups in total. The maximum absolute atomic E-state index is 12.7. The first-order valence-corrected chi connectivity index (χ1v) is 8.92. The molecule has 0 bridgehead atoms. The van der Waals surface area contributed by atoms with Crippen LogP contribution in [0.4, 0.5) is 0 Å². The van der Waals surface area contributed by atoms with Crippen LogP contribution in [0.5, 0.6) is 11.5 Å². The standard InChI is InChI=1S/C21H21NO4/c23-19(22-12-10-21(11-13-22)14-18(21)20(24)25)15-6-8-17(9-7-15)26-16-4-2-1-3-5-16/h1-9,18H,10-14H2,(H,24,25). The molecule has 1 unspecified atom stereocenters. The molecule has 5 heteroatoms. The lowest BCUT2D eigenvalue weighted by Crippen LogP contribution is -2.39. The fourth-order valence-corrected chi connectivity index (χ4v) is 3.88. The second-order valence-electron chi connectivity index (χ2n) is 7.19. The number of nitrogens with zero attached hydrogens (tertiary/aromatic N) is 1. The minimum absolute atomic E-state index is 0.00126. The number of carbonyl (C=O) groups excluding carboxylic acids is 1. The molecule has 1 spiro atoms. The van der Waals surface area contributed by atoms with E-state index in [0.717, 1.165) is 25.0 Å². The van der Waals surface area contributed by atoms with Gasteiger partial charge in [0.25, 0.3) is 5.91 Å². The number of likely N-dealkylation sites (tertiary alicyclic amines) is 1. The molecule has 4 rings (SSSR count). The number of carboxylic acid groups (broad SMARTS) is 1. The zero-order valence-corrected chi connectivity index (χ0v) is 14.4. The third kappa shape index (κ3) is 3.17. The number of aliphatic carboxylic acids is 1. The number of benzene rings is 2. The number of amides is 1. The third-order valence-electron chi connectivity index (χ3n) is 5.61. The summed E-state index contributed by atoms with van der Waals surface area (Å²) < 4.78 is 5.75. The average Bonchev–Trinajstić information content (AvgIpc) is 3.37. The number of piperidine rings is 1. The molecule has 26 heavy (non-hydrogen) atoms. The van der Waals surface area contributed by atoms with Crippen molar-refractivity contribution in [2.75, 3.05) is 13.1 Å². The minimum atomic E-state index is -0.696. The number of hydrogen-bond acceptors (Lipinski definition) is 3. The number of para-hydroxylation sites is 1. The number of hydrogen-bond donors (Lipinski definition) is 1. The summed E-state index contributed by atoms with van der Waals surface area (Å²) in [7, 11) is 0. The van der Waals surface area contributed by atoms with Gasteiger partial charge in [-0.15, -0.1) is 0 Å². The fourth-order valence-electron chi connectivity index (χ4n) is 3.88. The summed E-state index contributed by atoms with van der Waals surface area (Å²) in [5, 5.41) is 9.16. The van der Waals surface area contributed by atoms with Crippen LogP contribution in [0.1, 0.15) is 29.6 Å². The Labute approximate surface area is 152 Å². The van der Waals surface area contributed by atoms with Gasteiger partial charge in [-0.25, -0.2) is 0 Å². The molecule has 2 aliphatic rings. The van der Waals surface area contributed by atoms with Crippen molar-refractivity contribution in [2.24, 2.45) is 11.3 Å². The number of carbonyl (C=O) groups is 2. The number of ether oxygens (including phenoxy) is 1. The van der Waals surface area contributed by atoms with Gasteiger partial charge in [0.2, 0.25) is 0 Å². The molecule has 134 valence electrons. The molecule has 1 heterocycles. The zero-order valence-electron chi connectivity index (χ0n) is 14.4. The summed E-state index contributed by atoms with van der Waals surface area (Å²) in [6.45, 7) is 1.26. The Bertz CT molecular complexity index is 808. The van der Waals surface area contributed by atoms with E-state index in [1.54, 1.807) is 24.3 Å². The van der Waals surface area contributed by atoms with Crippen molar-refractivity contribution in [1.29, 1.82) is 0 Å². The molecular formula is C21H21NO4. The van der Waals surface area contributed by atoms with Gasteiger partial charge >= 0.3 is 5.97 Å². The Balaban J connectivity index is 1.36. The van der Waals surface area contributed by atoms with Gasteiger partial charge in [0.1, 0.15) is 11.5 Å². The Morgan fingerprint density at radius 1 is 0.962 bits per heavy atom. The SMILES string of the molecule is O=C(O)C1CC12CCN(C(=O)c1ccc(Oc3ccccc3)cc1)CC2. The maximum atomic E-state index is 12.7. The molecule has 1 saturated carbocycles. The highest BCUT2D eigenvalue weighted by atomic mass is 16.5. The van der Waals surface area contributed by atoms with Crippen LogP contribution in [0.25, 0.3) is 0 Å². The van der Waals surface area contributed by atoms with E-state index in [4.69, 9.17) is 9.84 Å². The molecule has 0 aromatic heterocycles. The lowest BCUT2D eigenvalue weighted by Gasteiger charge is -2.32. The van der Waals surface area contributed by atoms with Crippen molar-refractivity contribution in [2.45, 2.75) is 19.3 Å². The summed E-state index contributed by atoms with van der Waals surface area (Å²) >= 11 is 0. The lowest BCUT2D eigenvalue weighted by molar-refractivity contribution is -0.139. The van der Waals surface area contributed by atoms with E-state index >= 15 is 0 Å². The minimum Gasteiger partial charge on any atom is -0.481 e. The summed E-state index contributed by atoms with van der Waals surface area (Å²) in [5.74, 6) is 0.532. The van der Waals surface area contributed by atoms with Crippen molar-refractivity contribution in [3.05, 3.63) is 60.2 Å². The lowest BCUT2D eigenvalue weighted by atomic mass is 9.90. The highest BCUT2D eigenvalue weighted by Crippen LogP contribution is 2.59. The van der Waals surface area contributed by atoms with Gasteiger partial charge in [-0.1, -0.05) is 18.2 Å². The van der Waals surface area contributed by atoms with Gasteiger partial charge in [0.05, 0.1) is 5.92 Å². The largest absolute Gasteiger partial charge is 0.481 e.